The van der Waals surface area contributed by atoms with Gasteiger partial charge in [0.25, 0.3) is 5.91 Å². The van der Waals surface area contributed by atoms with Gasteiger partial charge in [0.15, 0.2) is 5.13 Å². The van der Waals surface area contributed by atoms with Crippen molar-refractivity contribution in [2.24, 2.45) is 0 Å². The molecule has 5 nitrogen and oxygen atoms in total. The SMILES string of the molecule is CSc1cccc2sc(N(CCN3CCOCC3)C(=O)c3ccc(Cl)cc3Cl)nc12. The standard InChI is InChI=1S/C21H21Cl2N3O2S2/c1-29-17-3-2-4-18-19(17)24-21(30-18)26(8-7-25-9-11-28-12-10-25)20(27)15-6-5-14(22)13-16(15)23/h2-6,13H,7-12H2,1H3. The number of carbonyl (C=O) groups is 1. The predicted molar refractivity (Wildman–Crippen MR) is 127 cm³/mol. The number of nitrogens with zero attached hydrogens (tertiary/aromatic N) is 3. The lowest BCUT2D eigenvalue weighted by atomic mass is 10.2. The van der Waals surface area contributed by atoms with Gasteiger partial charge in [-0.2, -0.15) is 0 Å². The third-order valence-corrected chi connectivity index (χ3v) is 7.33. The van der Waals surface area contributed by atoms with Crippen LogP contribution in [0.4, 0.5) is 5.13 Å². The highest BCUT2D eigenvalue weighted by Gasteiger charge is 2.25. The van der Waals surface area contributed by atoms with Crippen molar-refractivity contribution in [1.29, 1.82) is 0 Å². The van der Waals surface area contributed by atoms with E-state index in [9.17, 15) is 4.79 Å². The van der Waals surface area contributed by atoms with Gasteiger partial charge in [0.2, 0.25) is 0 Å². The Bertz CT molecular complexity index is 1050. The molecule has 4 rings (SSSR count). The first kappa shape index (κ1) is 21.9. The lowest BCUT2D eigenvalue weighted by molar-refractivity contribution is 0.0391. The zero-order valence-corrected chi connectivity index (χ0v) is 19.6. The van der Waals surface area contributed by atoms with Crippen molar-refractivity contribution in [3.05, 3.63) is 52.0 Å². The Morgan fingerprint density at radius 3 is 2.80 bits per heavy atom. The van der Waals surface area contributed by atoms with Crippen molar-refractivity contribution < 1.29 is 9.53 Å². The maximum atomic E-state index is 13.5. The van der Waals surface area contributed by atoms with Crippen LogP contribution in [-0.2, 0) is 4.74 Å². The first-order chi connectivity index (χ1) is 14.6. The summed E-state index contributed by atoms with van der Waals surface area (Å²) in [5, 5.41) is 1.52. The number of halogens is 2. The highest BCUT2D eigenvalue weighted by Crippen LogP contribution is 2.35. The van der Waals surface area contributed by atoms with Crippen molar-refractivity contribution in [3.63, 3.8) is 0 Å². The molecule has 1 aromatic heterocycles. The van der Waals surface area contributed by atoms with E-state index in [4.69, 9.17) is 32.9 Å². The zero-order chi connectivity index (χ0) is 21.1. The summed E-state index contributed by atoms with van der Waals surface area (Å²) >= 11 is 15.6. The van der Waals surface area contributed by atoms with E-state index in [-0.39, 0.29) is 5.91 Å². The first-order valence-corrected chi connectivity index (χ1v) is 12.4. The van der Waals surface area contributed by atoms with E-state index >= 15 is 0 Å². The smallest absolute Gasteiger partial charge is 0.261 e. The molecule has 0 unspecified atom stereocenters. The number of anilines is 1. The molecule has 0 N–H and O–H groups in total. The van der Waals surface area contributed by atoms with Gasteiger partial charge in [-0.15, -0.1) is 11.8 Å². The van der Waals surface area contributed by atoms with Crippen molar-refractivity contribution in [2.75, 3.05) is 50.5 Å². The number of thiazole rings is 1. The number of ether oxygens (including phenoxy) is 1. The van der Waals surface area contributed by atoms with Crippen LogP contribution in [0.15, 0.2) is 41.3 Å². The van der Waals surface area contributed by atoms with Crippen molar-refractivity contribution >= 4 is 67.6 Å². The second kappa shape index (κ2) is 9.85. The molecule has 1 saturated heterocycles. The van der Waals surface area contributed by atoms with Crippen molar-refractivity contribution in [2.45, 2.75) is 4.90 Å². The summed E-state index contributed by atoms with van der Waals surface area (Å²) in [6.07, 6.45) is 2.03. The second-order valence-electron chi connectivity index (χ2n) is 6.84. The van der Waals surface area contributed by atoms with E-state index in [0.717, 1.165) is 48.0 Å². The van der Waals surface area contributed by atoms with E-state index in [1.807, 2.05) is 24.5 Å². The van der Waals surface area contributed by atoms with Crippen LogP contribution in [0.5, 0.6) is 0 Å². The van der Waals surface area contributed by atoms with E-state index in [1.165, 1.54) is 11.3 Å². The molecular formula is C21H21Cl2N3O2S2. The molecule has 0 saturated carbocycles. The fourth-order valence-electron chi connectivity index (χ4n) is 3.35. The average Bonchev–Trinajstić information content (AvgIpc) is 3.18. The van der Waals surface area contributed by atoms with Gasteiger partial charge in [-0.1, -0.05) is 40.6 Å². The van der Waals surface area contributed by atoms with Gasteiger partial charge in [-0.25, -0.2) is 4.98 Å². The summed E-state index contributed by atoms with van der Waals surface area (Å²) in [7, 11) is 0. The van der Waals surface area contributed by atoms with E-state index < -0.39 is 0 Å². The molecule has 1 aliphatic rings. The Hall–Kier alpha value is -1.35. The number of amides is 1. The predicted octanol–water partition coefficient (Wildman–Crippen LogP) is 5.30. The number of thioether (sulfide) groups is 1. The minimum atomic E-state index is -0.172. The van der Waals surface area contributed by atoms with Gasteiger partial charge in [-0.3, -0.25) is 14.6 Å². The van der Waals surface area contributed by atoms with Crippen molar-refractivity contribution in [3.8, 4) is 0 Å². The fourth-order valence-corrected chi connectivity index (χ4v) is 5.48. The van der Waals surface area contributed by atoms with Gasteiger partial charge >= 0.3 is 0 Å². The number of hydrogen-bond acceptors (Lipinski definition) is 6. The molecule has 1 amide bonds. The van der Waals surface area contributed by atoms with Crippen LogP contribution in [-0.4, -0.2) is 61.4 Å². The summed E-state index contributed by atoms with van der Waals surface area (Å²) in [6.45, 7) is 4.42. The van der Waals surface area contributed by atoms with Gasteiger partial charge in [0.05, 0.1) is 34.0 Å². The minimum absolute atomic E-state index is 0.172. The van der Waals surface area contributed by atoms with Crippen LogP contribution < -0.4 is 4.90 Å². The molecule has 0 spiro atoms. The molecule has 2 heterocycles. The van der Waals surface area contributed by atoms with E-state index in [0.29, 0.717) is 27.3 Å². The van der Waals surface area contributed by atoms with E-state index in [2.05, 4.69) is 4.90 Å². The lowest BCUT2D eigenvalue weighted by Crippen LogP contribution is -2.43. The van der Waals surface area contributed by atoms with E-state index in [1.54, 1.807) is 34.9 Å². The molecule has 2 aromatic carbocycles. The highest BCUT2D eigenvalue weighted by atomic mass is 35.5. The van der Waals surface area contributed by atoms with Crippen LogP contribution in [0, 0.1) is 0 Å². The molecule has 30 heavy (non-hydrogen) atoms. The molecular weight excluding hydrogens is 461 g/mol. The minimum Gasteiger partial charge on any atom is -0.379 e. The number of para-hydroxylation sites is 1. The number of hydrogen-bond donors (Lipinski definition) is 0. The topological polar surface area (TPSA) is 45.7 Å². The molecule has 0 radical (unpaired) electrons. The largest absolute Gasteiger partial charge is 0.379 e. The van der Waals surface area contributed by atoms with Crippen LogP contribution in [0.1, 0.15) is 10.4 Å². The van der Waals surface area contributed by atoms with Gasteiger partial charge in [0.1, 0.15) is 0 Å². The Kier molecular flexibility index (Phi) is 7.18. The Labute approximate surface area is 193 Å². The number of benzene rings is 2. The Balaban J connectivity index is 1.68. The average molecular weight is 482 g/mol. The monoisotopic (exact) mass is 481 g/mol. The number of morpholine rings is 1. The number of fused-ring (bicyclic) bond motifs is 1. The first-order valence-electron chi connectivity index (χ1n) is 9.57. The molecule has 0 bridgehead atoms. The Morgan fingerprint density at radius 2 is 2.07 bits per heavy atom. The summed E-state index contributed by atoms with van der Waals surface area (Å²) < 4.78 is 6.49. The maximum Gasteiger partial charge on any atom is 0.261 e. The number of aromatic nitrogens is 1. The summed E-state index contributed by atoms with van der Waals surface area (Å²) in [5.74, 6) is -0.172. The van der Waals surface area contributed by atoms with Gasteiger partial charge in [0, 0.05) is 36.1 Å². The van der Waals surface area contributed by atoms with Crippen LogP contribution in [0.2, 0.25) is 10.0 Å². The molecule has 158 valence electrons. The normalized spacial score (nSPS) is 14.9. The van der Waals surface area contributed by atoms with Gasteiger partial charge < -0.3 is 4.74 Å². The van der Waals surface area contributed by atoms with Crippen molar-refractivity contribution in [1.82, 2.24) is 9.88 Å². The molecule has 3 aromatic rings. The molecule has 0 aliphatic carbocycles. The number of rotatable bonds is 6. The molecule has 1 aliphatic heterocycles. The summed E-state index contributed by atoms with van der Waals surface area (Å²) in [5.41, 5.74) is 1.35. The number of carbonyl (C=O) groups excluding carboxylic acids is 1. The third kappa shape index (κ3) is 4.77. The lowest BCUT2D eigenvalue weighted by Gasteiger charge is -2.29. The highest BCUT2D eigenvalue weighted by molar-refractivity contribution is 7.98. The van der Waals surface area contributed by atoms with Crippen LogP contribution in [0.3, 0.4) is 0 Å². The molecule has 1 fully saturated rings. The fraction of sp³-hybridized carbons (Fsp3) is 0.333. The van der Waals surface area contributed by atoms with Crippen LogP contribution in [0.25, 0.3) is 10.2 Å². The second-order valence-corrected chi connectivity index (χ2v) is 9.54. The Morgan fingerprint density at radius 1 is 1.27 bits per heavy atom. The summed E-state index contributed by atoms with van der Waals surface area (Å²) in [4.78, 5) is 23.5. The third-order valence-electron chi connectivity index (χ3n) is 4.97. The quantitative estimate of drug-likeness (QED) is 0.446. The van der Waals surface area contributed by atoms with Gasteiger partial charge in [-0.05, 0) is 36.6 Å². The molecule has 0 atom stereocenters. The van der Waals surface area contributed by atoms with Crippen LogP contribution >= 0.6 is 46.3 Å². The maximum absolute atomic E-state index is 13.5. The molecule has 9 heteroatoms. The zero-order valence-electron chi connectivity index (χ0n) is 16.4. The summed E-state index contributed by atoms with van der Waals surface area (Å²) in [6, 6.07) is 11.1.